The monoisotopic (exact) mass is 530 g/mol. The topological polar surface area (TPSA) is 83.1 Å². The van der Waals surface area contributed by atoms with Crippen LogP contribution in [0.5, 0.6) is 0 Å². The van der Waals surface area contributed by atoms with Crippen molar-refractivity contribution in [2.45, 2.75) is 19.4 Å². The summed E-state index contributed by atoms with van der Waals surface area (Å²) in [7, 11) is 0. The minimum Gasteiger partial charge on any atom is -0.354 e. The quantitative estimate of drug-likeness (QED) is 0.285. The van der Waals surface area contributed by atoms with Crippen molar-refractivity contribution in [3.8, 4) is 22.3 Å². The van der Waals surface area contributed by atoms with Crippen molar-refractivity contribution < 1.29 is 4.79 Å². The van der Waals surface area contributed by atoms with Gasteiger partial charge in [-0.25, -0.2) is 0 Å². The minimum absolute atomic E-state index is 0. The lowest BCUT2D eigenvalue weighted by molar-refractivity contribution is 0.0631. The van der Waals surface area contributed by atoms with Crippen molar-refractivity contribution in [1.82, 2.24) is 21.4 Å². The number of carbonyl (C=O) groups excluding carboxylic acids is 1. The van der Waals surface area contributed by atoms with E-state index in [1.807, 2.05) is 41.3 Å². The molecule has 2 heterocycles. The number of aromatic amines is 1. The fourth-order valence-electron chi connectivity index (χ4n) is 4.92. The van der Waals surface area contributed by atoms with E-state index in [2.05, 4.69) is 81.7 Å². The van der Waals surface area contributed by atoms with E-state index in [0.29, 0.717) is 12.2 Å². The first kappa shape index (κ1) is 24.9. The van der Waals surface area contributed by atoms with Crippen LogP contribution in [0, 0.1) is 6.92 Å². The molecule has 5 nitrogen and oxygen atoms in total. The van der Waals surface area contributed by atoms with Crippen molar-refractivity contribution in [2.75, 3.05) is 19.6 Å². The molecular weight excluding hydrogens is 500 g/mol. The number of aromatic nitrogens is 1. The van der Waals surface area contributed by atoms with Gasteiger partial charge in [-0.3, -0.25) is 4.79 Å². The number of rotatable bonds is 5. The molecule has 1 fully saturated rings. The van der Waals surface area contributed by atoms with E-state index in [-0.39, 0.29) is 18.1 Å². The van der Waals surface area contributed by atoms with Gasteiger partial charge >= 0.3 is 0 Å². The molecule has 1 amide bonds. The molecule has 35 heavy (non-hydrogen) atoms. The minimum atomic E-state index is 0. The molecule has 1 atom stereocenters. The van der Waals surface area contributed by atoms with Crippen LogP contribution in [0.2, 0.25) is 0 Å². The first-order valence-electron chi connectivity index (χ1n) is 11.7. The van der Waals surface area contributed by atoms with Crippen LogP contribution in [0.15, 0.2) is 89.4 Å². The zero-order valence-electron chi connectivity index (χ0n) is 19.9. The van der Waals surface area contributed by atoms with Gasteiger partial charge in [-0.15, -0.1) is 0 Å². The number of halogens is 1. The van der Waals surface area contributed by atoms with E-state index in [0.717, 1.165) is 51.9 Å². The number of amides is 1. The molecular formula is C29H31BrN4O. The Hall–Kier alpha value is -3.19. The van der Waals surface area contributed by atoms with E-state index in [9.17, 15) is 4.79 Å². The van der Waals surface area contributed by atoms with Gasteiger partial charge in [-0.05, 0) is 42.2 Å². The molecule has 0 bridgehead atoms. The smallest absolute Gasteiger partial charge is 0.271 e. The van der Waals surface area contributed by atoms with Crippen LogP contribution in [0.25, 0.3) is 22.3 Å². The summed E-state index contributed by atoms with van der Waals surface area (Å²) >= 11 is 3.61. The van der Waals surface area contributed by atoms with Gasteiger partial charge in [0, 0.05) is 47.0 Å². The Balaban J connectivity index is 0.00000289. The summed E-state index contributed by atoms with van der Waals surface area (Å²) in [5.41, 5.74) is 7.08. The predicted molar refractivity (Wildman–Crippen MR) is 147 cm³/mol. The molecule has 0 radical (unpaired) electrons. The molecule has 6 heteroatoms. The summed E-state index contributed by atoms with van der Waals surface area (Å²) < 4.78 is 1.02. The maximum atomic E-state index is 14.1. The fraction of sp³-hybridized carbons (Fsp3) is 0.207. The molecule has 3 aromatic carbocycles. The molecule has 180 valence electrons. The van der Waals surface area contributed by atoms with Gasteiger partial charge in [-0.1, -0.05) is 88.7 Å². The fourth-order valence-corrected chi connectivity index (χ4v) is 5.32. The largest absolute Gasteiger partial charge is 0.354 e. The Labute approximate surface area is 215 Å². The highest BCUT2D eigenvalue weighted by Crippen LogP contribution is 2.39. The number of nitrogens with one attached hydrogen (secondary N) is 2. The lowest BCUT2D eigenvalue weighted by Crippen LogP contribution is -2.54. The number of benzene rings is 3. The first-order chi connectivity index (χ1) is 16.6. The number of nitrogens with zero attached hydrogens (tertiary/aromatic N) is 1. The van der Waals surface area contributed by atoms with E-state index in [1.54, 1.807) is 0 Å². The number of hydrogen-bond acceptors (Lipinski definition) is 3. The van der Waals surface area contributed by atoms with Crippen molar-refractivity contribution in [2.24, 2.45) is 0 Å². The molecule has 1 saturated heterocycles. The van der Waals surface area contributed by atoms with Gasteiger partial charge in [0.2, 0.25) is 0 Å². The van der Waals surface area contributed by atoms with Gasteiger partial charge < -0.3 is 21.4 Å². The molecule has 0 spiro atoms. The van der Waals surface area contributed by atoms with Crippen molar-refractivity contribution in [3.63, 3.8) is 0 Å². The number of carbonyl (C=O) groups is 1. The van der Waals surface area contributed by atoms with E-state index < -0.39 is 0 Å². The molecule has 1 aliphatic heterocycles. The molecule has 1 aromatic heterocycles. The highest BCUT2D eigenvalue weighted by Gasteiger charge is 2.31. The summed E-state index contributed by atoms with van der Waals surface area (Å²) in [6, 6.07) is 29.0. The summed E-state index contributed by atoms with van der Waals surface area (Å²) in [6.07, 6.45) is 0.832. The van der Waals surface area contributed by atoms with Crippen LogP contribution in [0.3, 0.4) is 0 Å². The van der Waals surface area contributed by atoms with E-state index in [4.69, 9.17) is 0 Å². The summed E-state index contributed by atoms with van der Waals surface area (Å²) in [5, 5.41) is 3.48. The lowest BCUT2D eigenvalue weighted by Gasteiger charge is -2.36. The zero-order valence-corrected chi connectivity index (χ0v) is 21.5. The summed E-state index contributed by atoms with van der Waals surface area (Å²) in [6.45, 7) is 4.34. The third-order valence-corrected chi connectivity index (χ3v) is 7.00. The standard InChI is InChI=1S/C29H28BrN3O.H3N/c1-20-26(23-13-8-14-24(30)18-23)27(22-11-6-3-7-12-22)28(32-20)29(34)33-16-15-31-19-25(33)17-21-9-4-2-5-10-21;/h2-14,18,25,31-32H,15-17,19H2,1H3;1H3/t25-;/m1./s1. The summed E-state index contributed by atoms with van der Waals surface area (Å²) in [5.74, 6) is 0.0608. The van der Waals surface area contributed by atoms with Crippen LogP contribution < -0.4 is 11.5 Å². The van der Waals surface area contributed by atoms with Gasteiger partial charge in [-0.2, -0.15) is 0 Å². The Kier molecular flexibility index (Phi) is 7.86. The molecule has 5 N–H and O–H groups in total. The van der Waals surface area contributed by atoms with Gasteiger partial charge in [0.15, 0.2) is 0 Å². The second kappa shape index (κ2) is 11.0. The number of aryl methyl sites for hydroxylation is 1. The predicted octanol–water partition coefficient (Wildman–Crippen LogP) is 6.24. The molecule has 4 aromatic rings. The second-order valence-electron chi connectivity index (χ2n) is 8.80. The highest BCUT2D eigenvalue weighted by atomic mass is 79.9. The van der Waals surface area contributed by atoms with Crippen molar-refractivity contribution in [3.05, 3.63) is 106 Å². The molecule has 0 saturated carbocycles. The average molecular weight is 531 g/mol. The Bertz CT molecular complexity index is 1290. The number of piperazine rings is 1. The van der Waals surface area contributed by atoms with Gasteiger partial charge in [0.1, 0.15) is 5.69 Å². The van der Waals surface area contributed by atoms with Crippen LogP contribution >= 0.6 is 15.9 Å². The van der Waals surface area contributed by atoms with Crippen molar-refractivity contribution in [1.29, 1.82) is 0 Å². The van der Waals surface area contributed by atoms with Crippen LogP contribution in [0.1, 0.15) is 21.7 Å². The molecule has 0 aliphatic carbocycles. The molecule has 1 aliphatic rings. The normalized spacial score (nSPS) is 15.5. The SMILES string of the molecule is Cc1[nH]c(C(=O)N2CCNC[C@H]2Cc2ccccc2)c(-c2ccccc2)c1-c1cccc(Br)c1.N. The van der Waals surface area contributed by atoms with Gasteiger partial charge in [0.05, 0.1) is 0 Å². The maximum absolute atomic E-state index is 14.1. The Morgan fingerprint density at radius 3 is 2.34 bits per heavy atom. The average Bonchev–Trinajstić information content (AvgIpc) is 3.22. The second-order valence-corrected chi connectivity index (χ2v) is 9.71. The van der Waals surface area contributed by atoms with Crippen LogP contribution in [0.4, 0.5) is 0 Å². The summed E-state index contributed by atoms with van der Waals surface area (Å²) in [4.78, 5) is 19.6. The van der Waals surface area contributed by atoms with Crippen LogP contribution in [-0.4, -0.2) is 41.5 Å². The third kappa shape index (κ3) is 5.25. The maximum Gasteiger partial charge on any atom is 0.271 e. The highest BCUT2D eigenvalue weighted by molar-refractivity contribution is 9.10. The number of H-pyrrole nitrogens is 1. The molecule has 5 rings (SSSR count). The van der Waals surface area contributed by atoms with Crippen LogP contribution in [-0.2, 0) is 6.42 Å². The third-order valence-electron chi connectivity index (χ3n) is 6.50. The number of hydrogen-bond donors (Lipinski definition) is 3. The van der Waals surface area contributed by atoms with E-state index >= 15 is 0 Å². The first-order valence-corrected chi connectivity index (χ1v) is 12.5. The Morgan fingerprint density at radius 2 is 1.63 bits per heavy atom. The zero-order chi connectivity index (χ0) is 23.5. The van der Waals surface area contributed by atoms with E-state index in [1.165, 1.54) is 5.56 Å². The lowest BCUT2D eigenvalue weighted by atomic mass is 9.94. The molecule has 0 unspecified atom stereocenters. The van der Waals surface area contributed by atoms with Crippen molar-refractivity contribution >= 4 is 21.8 Å². The Morgan fingerprint density at radius 1 is 0.943 bits per heavy atom. The van der Waals surface area contributed by atoms with Gasteiger partial charge in [0.25, 0.3) is 5.91 Å².